The molecule has 35 heavy (non-hydrogen) atoms. The van der Waals surface area contributed by atoms with E-state index in [0.717, 1.165) is 15.8 Å². The third-order valence-electron chi connectivity index (χ3n) is 6.54. The summed E-state index contributed by atoms with van der Waals surface area (Å²) in [5.74, 6) is -2.34. The van der Waals surface area contributed by atoms with Gasteiger partial charge in [0, 0.05) is 16.1 Å². The first-order valence-corrected chi connectivity index (χ1v) is 11.6. The number of hydrogen-bond acceptors (Lipinski definition) is 4. The number of hydrogen-bond donors (Lipinski definition) is 3. The Balaban J connectivity index is 1.79. The van der Waals surface area contributed by atoms with Gasteiger partial charge in [0.2, 0.25) is 0 Å². The molecule has 3 aromatic carbocycles. The summed E-state index contributed by atoms with van der Waals surface area (Å²) in [4.78, 5) is 12.8. The average Bonchev–Trinajstić information content (AvgIpc) is 3.24. The van der Waals surface area contributed by atoms with Gasteiger partial charge in [-0.25, -0.2) is 13.9 Å². The van der Waals surface area contributed by atoms with E-state index >= 15 is 0 Å². The fourth-order valence-corrected chi connectivity index (χ4v) is 5.00. The van der Waals surface area contributed by atoms with Crippen molar-refractivity contribution in [2.24, 2.45) is 0 Å². The number of halogens is 2. The van der Waals surface area contributed by atoms with Crippen molar-refractivity contribution >= 4 is 23.4 Å². The second-order valence-corrected chi connectivity index (χ2v) is 8.98. The van der Waals surface area contributed by atoms with Crippen LogP contribution in [0.2, 0.25) is 5.02 Å². The van der Waals surface area contributed by atoms with Crippen molar-refractivity contribution in [1.82, 2.24) is 9.78 Å². The number of fused-ring (bicyclic) bond motifs is 1. The SMILES string of the molecule is CCc1c(-c2ccc(F)cc2)nn2c1N[C@H](c1ccc(Cl)cc1)[C@H](c1ccccc1)[C@@]2(O)C(=O)O. The van der Waals surface area contributed by atoms with Gasteiger partial charge in [0.25, 0.3) is 5.72 Å². The maximum atomic E-state index is 13.6. The Bertz CT molecular complexity index is 1370. The monoisotopic (exact) mass is 491 g/mol. The normalized spacial score (nSPS) is 21.3. The first-order chi connectivity index (χ1) is 16.8. The quantitative estimate of drug-likeness (QED) is 0.339. The number of nitrogens with zero attached hydrogens (tertiary/aromatic N) is 2. The van der Waals surface area contributed by atoms with Crippen LogP contribution in [0.5, 0.6) is 0 Å². The summed E-state index contributed by atoms with van der Waals surface area (Å²) < 4.78 is 14.7. The lowest BCUT2D eigenvalue weighted by atomic mass is 9.77. The van der Waals surface area contributed by atoms with Crippen LogP contribution in [0, 0.1) is 5.82 Å². The predicted octanol–water partition coefficient (Wildman–Crippen LogP) is 5.59. The molecule has 0 bridgehead atoms. The number of aromatic nitrogens is 2. The van der Waals surface area contributed by atoms with E-state index in [-0.39, 0.29) is 5.82 Å². The minimum Gasteiger partial charge on any atom is -0.478 e. The molecular formula is C27H23ClFN3O3. The summed E-state index contributed by atoms with van der Waals surface area (Å²) in [6, 6.07) is 21.3. The number of benzene rings is 3. The summed E-state index contributed by atoms with van der Waals surface area (Å²) in [5, 5.41) is 31.1. The molecule has 1 aromatic heterocycles. The molecule has 0 saturated heterocycles. The number of carboxylic acid groups (broad SMARTS) is 1. The van der Waals surface area contributed by atoms with Gasteiger partial charge in [-0.3, -0.25) is 0 Å². The van der Waals surface area contributed by atoms with Crippen molar-refractivity contribution in [3.63, 3.8) is 0 Å². The minimum absolute atomic E-state index is 0.386. The van der Waals surface area contributed by atoms with E-state index < -0.39 is 23.7 Å². The van der Waals surface area contributed by atoms with Crippen molar-refractivity contribution in [1.29, 1.82) is 0 Å². The molecule has 0 fully saturated rings. The number of anilines is 1. The average molecular weight is 492 g/mol. The second kappa shape index (κ2) is 8.83. The van der Waals surface area contributed by atoms with Gasteiger partial charge >= 0.3 is 5.97 Å². The Morgan fingerprint density at radius 1 is 1.06 bits per heavy atom. The van der Waals surface area contributed by atoms with Gasteiger partial charge in [-0.2, -0.15) is 5.10 Å². The van der Waals surface area contributed by atoms with Crippen LogP contribution in [0.4, 0.5) is 10.2 Å². The lowest BCUT2D eigenvalue weighted by Crippen LogP contribution is -2.54. The van der Waals surface area contributed by atoms with Crippen LogP contribution in [-0.4, -0.2) is 26.0 Å². The fourth-order valence-electron chi connectivity index (χ4n) is 4.87. The van der Waals surface area contributed by atoms with E-state index in [9.17, 15) is 19.4 Å². The molecule has 1 aliphatic rings. The van der Waals surface area contributed by atoms with Crippen LogP contribution in [0.1, 0.15) is 35.6 Å². The van der Waals surface area contributed by atoms with Gasteiger partial charge < -0.3 is 15.5 Å². The highest BCUT2D eigenvalue weighted by atomic mass is 35.5. The lowest BCUT2D eigenvalue weighted by Gasteiger charge is -2.44. The minimum atomic E-state index is -2.41. The molecule has 3 atom stereocenters. The van der Waals surface area contributed by atoms with Crippen molar-refractivity contribution in [3.05, 3.63) is 106 Å². The Kier molecular flexibility index (Phi) is 5.83. The molecule has 0 spiro atoms. The Morgan fingerprint density at radius 2 is 1.71 bits per heavy atom. The molecule has 0 aliphatic carbocycles. The van der Waals surface area contributed by atoms with Crippen LogP contribution in [0.3, 0.4) is 0 Å². The fraction of sp³-hybridized carbons (Fsp3) is 0.185. The molecule has 178 valence electrons. The number of carbonyl (C=O) groups is 1. The molecule has 1 aliphatic heterocycles. The van der Waals surface area contributed by atoms with Crippen LogP contribution in [0.25, 0.3) is 11.3 Å². The van der Waals surface area contributed by atoms with E-state index in [0.29, 0.717) is 34.1 Å². The van der Waals surface area contributed by atoms with Gasteiger partial charge in [0.05, 0.1) is 17.7 Å². The second-order valence-electron chi connectivity index (χ2n) is 8.54. The summed E-state index contributed by atoms with van der Waals surface area (Å²) in [5.41, 5.74) is 0.821. The zero-order valence-electron chi connectivity index (χ0n) is 18.8. The molecule has 0 unspecified atom stereocenters. The van der Waals surface area contributed by atoms with Gasteiger partial charge in [-0.15, -0.1) is 0 Å². The molecule has 0 amide bonds. The number of aliphatic carboxylic acids is 1. The van der Waals surface area contributed by atoms with Crippen molar-refractivity contribution in [2.75, 3.05) is 5.32 Å². The van der Waals surface area contributed by atoms with E-state index in [1.54, 1.807) is 48.5 Å². The first kappa shape index (κ1) is 23.1. The number of aliphatic hydroxyl groups is 1. The molecule has 5 rings (SSSR count). The smallest absolute Gasteiger partial charge is 0.360 e. The van der Waals surface area contributed by atoms with Gasteiger partial charge in [-0.1, -0.05) is 61.0 Å². The molecule has 0 radical (unpaired) electrons. The third kappa shape index (κ3) is 3.77. The summed E-state index contributed by atoms with van der Waals surface area (Å²) in [7, 11) is 0. The molecule has 3 N–H and O–H groups in total. The van der Waals surface area contributed by atoms with Crippen molar-refractivity contribution < 1.29 is 19.4 Å². The lowest BCUT2D eigenvalue weighted by molar-refractivity contribution is -0.179. The van der Waals surface area contributed by atoms with Gasteiger partial charge in [0.1, 0.15) is 11.6 Å². The summed E-state index contributed by atoms with van der Waals surface area (Å²) in [6.45, 7) is 1.92. The number of carboxylic acids is 1. The third-order valence-corrected chi connectivity index (χ3v) is 6.79. The van der Waals surface area contributed by atoms with Crippen molar-refractivity contribution in [2.45, 2.75) is 31.0 Å². The highest BCUT2D eigenvalue weighted by molar-refractivity contribution is 6.30. The highest BCUT2D eigenvalue weighted by Crippen LogP contribution is 2.50. The number of rotatable bonds is 5. The van der Waals surface area contributed by atoms with E-state index in [1.165, 1.54) is 12.1 Å². The maximum absolute atomic E-state index is 13.6. The largest absolute Gasteiger partial charge is 0.478 e. The Labute approximate surface area is 206 Å². The predicted molar refractivity (Wildman–Crippen MR) is 132 cm³/mol. The van der Waals surface area contributed by atoms with E-state index in [1.807, 2.05) is 25.1 Å². The standard InChI is InChI=1S/C27H23ClFN3O3/c1-2-21-23(17-10-14-20(29)15-11-17)31-32-25(21)30-24(18-8-12-19(28)13-9-18)22(27(32,35)26(33)34)16-6-4-3-5-7-16/h3-15,22,24,30,35H,2H2,1H3,(H,33,34)/t22-,24+,27+/m0/s1. The Morgan fingerprint density at radius 3 is 2.31 bits per heavy atom. The van der Waals surface area contributed by atoms with Gasteiger partial charge in [-0.05, 0) is 53.9 Å². The molecule has 6 nitrogen and oxygen atoms in total. The molecule has 2 heterocycles. The van der Waals surface area contributed by atoms with E-state index in [4.69, 9.17) is 11.6 Å². The van der Waals surface area contributed by atoms with Crippen molar-refractivity contribution in [3.8, 4) is 11.3 Å². The molecule has 0 saturated carbocycles. The number of nitrogens with one attached hydrogen (secondary N) is 1. The Hall–Kier alpha value is -3.68. The van der Waals surface area contributed by atoms with Gasteiger partial charge in [0.15, 0.2) is 0 Å². The molecule has 8 heteroatoms. The zero-order valence-corrected chi connectivity index (χ0v) is 19.6. The maximum Gasteiger partial charge on any atom is 0.360 e. The zero-order chi connectivity index (χ0) is 24.7. The van der Waals surface area contributed by atoms with Crippen LogP contribution >= 0.6 is 11.6 Å². The highest BCUT2D eigenvalue weighted by Gasteiger charge is 2.56. The van der Waals surface area contributed by atoms with Crippen LogP contribution in [-0.2, 0) is 16.9 Å². The topological polar surface area (TPSA) is 87.4 Å². The van der Waals surface area contributed by atoms with E-state index in [2.05, 4.69) is 10.4 Å². The molecular weight excluding hydrogens is 469 g/mol. The summed E-state index contributed by atoms with van der Waals surface area (Å²) in [6.07, 6.45) is 0.508. The molecule has 4 aromatic rings. The summed E-state index contributed by atoms with van der Waals surface area (Å²) >= 11 is 6.12. The van der Waals surface area contributed by atoms with Crippen LogP contribution < -0.4 is 5.32 Å². The first-order valence-electron chi connectivity index (χ1n) is 11.3. The van der Waals surface area contributed by atoms with Crippen LogP contribution in [0.15, 0.2) is 78.9 Å².